The molecule has 0 saturated carbocycles. The molecule has 5 nitrogen and oxygen atoms in total. The third kappa shape index (κ3) is 2.48. The van der Waals surface area contributed by atoms with E-state index in [4.69, 9.17) is 4.74 Å². The molecule has 108 valence electrons. The summed E-state index contributed by atoms with van der Waals surface area (Å²) >= 11 is 1.47. The molecule has 3 rings (SSSR count). The van der Waals surface area contributed by atoms with E-state index in [-0.39, 0.29) is 6.61 Å². The van der Waals surface area contributed by atoms with Gasteiger partial charge in [0.1, 0.15) is 10.8 Å². The molecule has 0 bridgehead atoms. The average Bonchev–Trinajstić information content (AvgIpc) is 2.87. The van der Waals surface area contributed by atoms with E-state index in [2.05, 4.69) is 9.97 Å². The third-order valence-corrected chi connectivity index (χ3v) is 4.42. The molecule has 0 saturated heterocycles. The molecule has 0 unspecified atom stereocenters. The predicted molar refractivity (Wildman–Crippen MR) is 81.5 cm³/mol. The lowest BCUT2D eigenvalue weighted by molar-refractivity contribution is 0.271. The topological polar surface area (TPSA) is 60.2 Å². The Morgan fingerprint density at radius 3 is 2.81 bits per heavy atom. The highest BCUT2D eigenvalue weighted by Gasteiger charge is 2.12. The van der Waals surface area contributed by atoms with Crippen molar-refractivity contribution < 1.29 is 9.84 Å². The molecule has 0 amide bonds. The van der Waals surface area contributed by atoms with Gasteiger partial charge in [0.25, 0.3) is 0 Å². The Balaban J connectivity index is 2.06. The molecule has 1 N–H and O–H groups in total. The van der Waals surface area contributed by atoms with Crippen molar-refractivity contribution in [3.8, 4) is 5.75 Å². The third-order valence-electron chi connectivity index (χ3n) is 3.34. The molecule has 0 aliphatic heterocycles. The number of ether oxygens (including phenoxy) is 1. The Kier molecular flexibility index (Phi) is 3.81. The number of fused-ring (bicyclic) bond motifs is 1. The van der Waals surface area contributed by atoms with Gasteiger partial charge in [0.15, 0.2) is 5.16 Å². The van der Waals surface area contributed by atoms with Gasteiger partial charge in [-0.3, -0.25) is 0 Å². The van der Waals surface area contributed by atoms with Crippen molar-refractivity contribution in [3.63, 3.8) is 0 Å². The van der Waals surface area contributed by atoms with E-state index in [1.54, 1.807) is 19.5 Å². The fourth-order valence-electron chi connectivity index (χ4n) is 2.16. The number of pyridine rings is 1. The number of hydrogen-bond donors (Lipinski definition) is 1. The van der Waals surface area contributed by atoms with Crippen LogP contribution in [0.4, 0.5) is 0 Å². The molecule has 21 heavy (non-hydrogen) atoms. The molecule has 3 aromatic rings. The summed E-state index contributed by atoms with van der Waals surface area (Å²) in [4.78, 5) is 8.77. The number of benzene rings is 1. The maximum atomic E-state index is 9.24. The summed E-state index contributed by atoms with van der Waals surface area (Å²) in [6, 6.07) is 7.84. The minimum absolute atomic E-state index is 0.0269. The van der Waals surface area contributed by atoms with Crippen molar-refractivity contribution in [2.24, 2.45) is 7.05 Å². The molecule has 0 aliphatic rings. The fourth-order valence-corrected chi connectivity index (χ4v) is 3.10. The smallest absolute Gasteiger partial charge is 0.174 e. The van der Waals surface area contributed by atoms with Gasteiger partial charge >= 0.3 is 0 Å². The first-order valence-corrected chi connectivity index (χ1v) is 7.27. The van der Waals surface area contributed by atoms with Gasteiger partial charge in [-0.2, -0.15) is 0 Å². The van der Waals surface area contributed by atoms with Gasteiger partial charge in [-0.15, -0.1) is 0 Å². The monoisotopic (exact) mass is 301 g/mol. The van der Waals surface area contributed by atoms with Gasteiger partial charge in [-0.25, -0.2) is 9.97 Å². The first-order valence-electron chi connectivity index (χ1n) is 6.45. The zero-order valence-corrected chi connectivity index (χ0v) is 12.6. The van der Waals surface area contributed by atoms with E-state index in [0.717, 1.165) is 32.4 Å². The predicted octanol–water partition coefficient (Wildman–Crippen LogP) is 2.62. The minimum atomic E-state index is -0.0269. The number of hydrogen-bond acceptors (Lipinski definition) is 5. The minimum Gasteiger partial charge on any atom is -0.496 e. The normalized spacial score (nSPS) is 11.0. The highest BCUT2D eigenvalue weighted by atomic mass is 32.2. The molecular weight excluding hydrogens is 286 g/mol. The summed E-state index contributed by atoms with van der Waals surface area (Å²) in [5.74, 6) is 0.827. The molecule has 0 atom stereocenters. The number of aliphatic hydroxyl groups is 1. The molecule has 1 aromatic carbocycles. The summed E-state index contributed by atoms with van der Waals surface area (Å²) in [7, 11) is 3.54. The second kappa shape index (κ2) is 5.75. The fraction of sp³-hybridized carbons (Fsp3) is 0.200. The summed E-state index contributed by atoms with van der Waals surface area (Å²) < 4.78 is 7.25. The first-order chi connectivity index (χ1) is 10.2. The van der Waals surface area contributed by atoms with Crippen LogP contribution < -0.4 is 4.74 Å². The van der Waals surface area contributed by atoms with Gasteiger partial charge in [0.2, 0.25) is 0 Å². The Morgan fingerprint density at radius 2 is 2.10 bits per heavy atom. The van der Waals surface area contributed by atoms with Crippen LogP contribution in [-0.2, 0) is 13.7 Å². The van der Waals surface area contributed by atoms with Crippen LogP contribution in [-0.4, -0.2) is 26.8 Å². The van der Waals surface area contributed by atoms with E-state index in [1.165, 1.54) is 11.8 Å². The van der Waals surface area contributed by atoms with E-state index in [9.17, 15) is 5.11 Å². The second-order valence-corrected chi connectivity index (χ2v) is 5.48. The lowest BCUT2D eigenvalue weighted by atomic mass is 10.1. The van der Waals surface area contributed by atoms with Gasteiger partial charge in [-0.05, 0) is 23.9 Å². The van der Waals surface area contributed by atoms with Gasteiger partial charge < -0.3 is 14.4 Å². The van der Waals surface area contributed by atoms with Gasteiger partial charge in [0.05, 0.1) is 25.6 Å². The Labute approximate surface area is 126 Å². The SMILES string of the molecule is COc1cccc2c(Sc3ncc(CO)n3C)nccc12. The molecule has 0 aliphatic carbocycles. The highest BCUT2D eigenvalue weighted by Crippen LogP contribution is 2.34. The summed E-state index contributed by atoms with van der Waals surface area (Å²) in [6.45, 7) is -0.0269. The van der Waals surface area contributed by atoms with E-state index in [1.807, 2.05) is 35.9 Å². The summed E-state index contributed by atoms with van der Waals surface area (Å²) in [6.07, 6.45) is 3.44. The molecule has 0 radical (unpaired) electrons. The van der Waals surface area contributed by atoms with E-state index >= 15 is 0 Å². The van der Waals surface area contributed by atoms with Crippen LogP contribution in [0.25, 0.3) is 10.8 Å². The molecule has 2 heterocycles. The van der Waals surface area contributed by atoms with Crippen molar-refractivity contribution in [1.29, 1.82) is 0 Å². The van der Waals surface area contributed by atoms with Crippen molar-refractivity contribution >= 4 is 22.5 Å². The van der Waals surface area contributed by atoms with Crippen molar-refractivity contribution in [3.05, 3.63) is 42.4 Å². The Hall–Kier alpha value is -2.05. The molecule has 6 heteroatoms. The van der Waals surface area contributed by atoms with Crippen LogP contribution in [0.5, 0.6) is 5.75 Å². The first kappa shape index (κ1) is 13.9. The largest absolute Gasteiger partial charge is 0.496 e. The lowest BCUT2D eigenvalue weighted by Gasteiger charge is -2.08. The number of imidazole rings is 1. The Morgan fingerprint density at radius 1 is 1.24 bits per heavy atom. The summed E-state index contributed by atoms with van der Waals surface area (Å²) in [5.41, 5.74) is 0.773. The van der Waals surface area contributed by atoms with Crippen molar-refractivity contribution in [1.82, 2.24) is 14.5 Å². The maximum absolute atomic E-state index is 9.24. The second-order valence-electron chi connectivity index (χ2n) is 4.52. The molecular formula is C15H15N3O2S. The van der Waals surface area contributed by atoms with Crippen molar-refractivity contribution in [2.75, 3.05) is 7.11 Å². The molecule has 0 fully saturated rings. The number of rotatable bonds is 4. The average molecular weight is 301 g/mol. The lowest BCUT2D eigenvalue weighted by Crippen LogP contribution is -1.97. The van der Waals surface area contributed by atoms with Gasteiger partial charge in [0, 0.05) is 24.0 Å². The zero-order valence-electron chi connectivity index (χ0n) is 11.8. The quantitative estimate of drug-likeness (QED) is 0.802. The molecule has 0 spiro atoms. The summed E-state index contributed by atoms with van der Waals surface area (Å²) in [5, 5.41) is 12.9. The van der Waals surface area contributed by atoms with Crippen LogP contribution in [0.15, 0.2) is 46.8 Å². The van der Waals surface area contributed by atoms with Crippen molar-refractivity contribution in [2.45, 2.75) is 16.8 Å². The Bertz CT molecular complexity index is 786. The van der Waals surface area contributed by atoms with Crippen LogP contribution in [0, 0.1) is 0 Å². The van der Waals surface area contributed by atoms with Crippen LogP contribution >= 0.6 is 11.8 Å². The maximum Gasteiger partial charge on any atom is 0.174 e. The van der Waals surface area contributed by atoms with Crippen LogP contribution in [0.1, 0.15) is 5.69 Å². The van der Waals surface area contributed by atoms with E-state index < -0.39 is 0 Å². The zero-order chi connectivity index (χ0) is 14.8. The van der Waals surface area contributed by atoms with Gasteiger partial charge in [-0.1, -0.05) is 12.1 Å². The highest BCUT2D eigenvalue weighted by molar-refractivity contribution is 7.99. The van der Waals surface area contributed by atoms with Crippen LogP contribution in [0.3, 0.4) is 0 Å². The molecule has 2 aromatic heterocycles. The number of aromatic nitrogens is 3. The number of methoxy groups -OCH3 is 1. The number of aliphatic hydroxyl groups excluding tert-OH is 1. The van der Waals surface area contributed by atoms with E-state index in [0.29, 0.717) is 0 Å². The number of nitrogens with zero attached hydrogens (tertiary/aromatic N) is 3. The standard InChI is InChI=1S/C15H15N3O2S/c1-18-10(9-19)8-17-15(18)21-14-12-4-3-5-13(20-2)11(12)6-7-16-14/h3-8,19H,9H2,1-2H3. The van der Waals surface area contributed by atoms with Crippen LogP contribution in [0.2, 0.25) is 0 Å².